The van der Waals surface area contributed by atoms with E-state index in [9.17, 15) is 14.4 Å². The van der Waals surface area contributed by atoms with Crippen molar-refractivity contribution in [2.45, 2.75) is 0 Å². The molecule has 0 spiro atoms. The maximum atomic E-state index is 11.0. The number of carboxylic acid groups (broad SMARTS) is 2. The smallest absolute Gasteiger partial charge is 0.336 e. The van der Waals surface area contributed by atoms with Gasteiger partial charge in [-0.05, 0) is 29.8 Å². The van der Waals surface area contributed by atoms with E-state index in [2.05, 4.69) is 5.32 Å². The molecule has 0 saturated carbocycles. The van der Waals surface area contributed by atoms with Gasteiger partial charge in [0.15, 0.2) is 0 Å². The Morgan fingerprint density at radius 3 is 2.33 bits per heavy atom. The molecule has 0 aliphatic carbocycles. The van der Waals surface area contributed by atoms with Gasteiger partial charge in [0.05, 0.1) is 11.1 Å². The average molecular weight is 249 g/mol. The third-order valence-corrected chi connectivity index (χ3v) is 2.19. The highest BCUT2D eigenvalue weighted by Crippen LogP contribution is 2.14. The normalized spacial score (nSPS) is 10.3. The summed E-state index contributed by atoms with van der Waals surface area (Å²) in [5, 5.41) is 20.1. The molecule has 0 aliphatic rings. The minimum absolute atomic E-state index is 0.0449. The molecule has 1 rings (SSSR count). The van der Waals surface area contributed by atoms with Crippen LogP contribution in [0.3, 0.4) is 0 Å². The van der Waals surface area contributed by atoms with Crippen molar-refractivity contribution in [2.75, 3.05) is 7.05 Å². The molecule has 18 heavy (non-hydrogen) atoms. The molecule has 0 unspecified atom stereocenters. The van der Waals surface area contributed by atoms with E-state index in [-0.39, 0.29) is 16.7 Å². The van der Waals surface area contributed by atoms with Crippen LogP contribution in [0, 0.1) is 0 Å². The Bertz CT molecular complexity index is 533. The van der Waals surface area contributed by atoms with Crippen molar-refractivity contribution >= 4 is 23.9 Å². The molecule has 0 bridgehead atoms. The topological polar surface area (TPSA) is 104 Å². The van der Waals surface area contributed by atoms with E-state index in [4.69, 9.17) is 10.2 Å². The third-order valence-electron chi connectivity index (χ3n) is 2.19. The Morgan fingerprint density at radius 2 is 1.83 bits per heavy atom. The van der Waals surface area contributed by atoms with Crippen LogP contribution < -0.4 is 5.32 Å². The molecule has 1 amide bonds. The molecule has 3 N–H and O–H groups in total. The lowest BCUT2D eigenvalue weighted by molar-refractivity contribution is -0.115. The molecule has 0 aromatic heterocycles. The SMILES string of the molecule is CNC(=O)/C=C/c1cc(C(=O)O)ccc1C(=O)O. The van der Waals surface area contributed by atoms with Gasteiger partial charge in [-0.25, -0.2) is 9.59 Å². The van der Waals surface area contributed by atoms with Gasteiger partial charge < -0.3 is 15.5 Å². The van der Waals surface area contributed by atoms with Crippen molar-refractivity contribution in [2.24, 2.45) is 0 Å². The summed E-state index contributed by atoms with van der Waals surface area (Å²) >= 11 is 0. The average Bonchev–Trinajstić information content (AvgIpc) is 2.35. The summed E-state index contributed by atoms with van der Waals surface area (Å²) in [5.74, 6) is -2.77. The molecular weight excluding hydrogens is 238 g/mol. The van der Waals surface area contributed by atoms with E-state index in [0.29, 0.717) is 0 Å². The molecule has 6 heteroatoms. The Labute approximate surface area is 103 Å². The second-order valence-electron chi connectivity index (χ2n) is 3.36. The van der Waals surface area contributed by atoms with Gasteiger partial charge in [-0.1, -0.05) is 0 Å². The molecule has 0 aliphatic heterocycles. The van der Waals surface area contributed by atoms with Crippen LogP contribution in [0.4, 0.5) is 0 Å². The Morgan fingerprint density at radius 1 is 1.17 bits per heavy atom. The van der Waals surface area contributed by atoms with E-state index >= 15 is 0 Å². The van der Waals surface area contributed by atoms with Gasteiger partial charge in [0, 0.05) is 13.1 Å². The van der Waals surface area contributed by atoms with Crippen LogP contribution in [-0.4, -0.2) is 35.1 Å². The maximum absolute atomic E-state index is 11.0. The number of carboxylic acids is 2. The number of likely N-dealkylation sites (N-methyl/N-ethyl adjacent to an activating group) is 1. The largest absolute Gasteiger partial charge is 0.478 e. The van der Waals surface area contributed by atoms with Crippen LogP contribution in [0.15, 0.2) is 24.3 Å². The molecule has 1 aromatic rings. The number of benzene rings is 1. The zero-order valence-electron chi connectivity index (χ0n) is 9.51. The van der Waals surface area contributed by atoms with E-state index in [1.54, 1.807) is 0 Å². The predicted molar refractivity (Wildman–Crippen MR) is 63.5 cm³/mol. The molecule has 0 saturated heterocycles. The van der Waals surface area contributed by atoms with Gasteiger partial charge in [0.2, 0.25) is 5.91 Å². The number of nitrogens with one attached hydrogen (secondary N) is 1. The first-order valence-corrected chi connectivity index (χ1v) is 4.96. The summed E-state index contributed by atoms with van der Waals surface area (Å²) in [6.45, 7) is 0. The number of hydrogen-bond acceptors (Lipinski definition) is 3. The lowest BCUT2D eigenvalue weighted by Crippen LogP contribution is -2.14. The summed E-state index contributed by atoms with van der Waals surface area (Å²) in [6, 6.07) is 3.59. The minimum atomic E-state index is -1.19. The van der Waals surface area contributed by atoms with Crippen molar-refractivity contribution in [3.8, 4) is 0 Å². The van der Waals surface area contributed by atoms with Crippen LogP contribution in [0.5, 0.6) is 0 Å². The third kappa shape index (κ3) is 3.18. The molecule has 0 heterocycles. The van der Waals surface area contributed by atoms with Crippen LogP contribution in [0.25, 0.3) is 6.08 Å². The molecule has 94 valence electrons. The number of carbonyl (C=O) groups excluding carboxylic acids is 1. The Balaban J connectivity index is 3.23. The van der Waals surface area contributed by atoms with Crippen molar-refractivity contribution < 1.29 is 24.6 Å². The zero-order valence-corrected chi connectivity index (χ0v) is 9.51. The Hall–Kier alpha value is -2.63. The fourth-order valence-electron chi connectivity index (χ4n) is 1.28. The van der Waals surface area contributed by atoms with Crippen LogP contribution in [0.2, 0.25) is 0 Å². The van der Waals surface area contributed by atoms with Gasteiger partial charge in [0.1, 0.15) is 0 Å². The highest BCUT2D eigenvalue weighted by atomic mass is 16.4. The number of aromatic carboxylic acids is 2. The van der Waals surface area contributed by atoms with Crippen molar-refractivity contribution in [1.29, 1.82) is 0 Å². The summed E-state index contributed by atoms with van der Waals surface area (Å²) in [5.41, 5.74) is 0.0442. The van der Waals surface area contributed by atoms with E-state index in [1.807, 2.05) is 0 Å². The maximum Gasteiger partial charge on any atom is 0.336 e. The summed E-state index contributed by atoms with van der Waals surface area (Å²) in [4.78, 5) is 32.7. The summed E-state index contributed by atoms with van der Waals surface area (Å²) in [7, 11) is 1.43. The van der Waals surface area contributed by atoms with Crippen LogP contribution >= 0.6 is 0 Å². The number of rotatable bonds is 4. The van der Waals surface area contributed by atoms with Crippen molar-refractivity contribution in [3.05, 3.63) is 41.0 Å². The molecule has 1 aromatic carbocycles. The lowest BCUT2D eigenvalue weighted by atomic mass is 10.0. The summed E-state index contributed by atoms with van der Waals surface area (Å²) in [6.07, 6.45) is 2.39. The van der Waals surface area contributed by atoms with Gasteiger partial charge in [-0.3, -0.25) is 4.79 Å². The zero-order chi connectivity index (χ0) is 13.7. The number of amides is 1. The van der Waals surface area contributed by atoms with Gasteiger partial charge >= 0.3 is 11.9 Å². The number of carbonyl (C=O) groups is 3. The first kappa shape index (κ1) is 13.4. The van der Waals surface area contributed by atoms with Gasteiger partial charge in [0.25, 0.3) is 0 Å². The molecule has 0 atom stereocenters. The second kappa shape index (κ2) is 5.62. The second-order valence-corrected chi connectivity index (χ2v) is 3.36. The van der Waals surface area contributed by atoms with Crippen molar-refractivity contribution in [1.82, 2.24) is 5.32 Å². The van der Waals surface area contributed by atoms with Crippen LogP contribution in [0.1, 0.15) is 26.3 Å². The van der Waals surface area contributed by atoms with E-state index in [0.717, 1.165) is 6.08 Å². The standard InChI is InChI=1S/C12H11NO5/c1-13-10(14)5-3-7-6-8(11(15)16)2-4-9(7)12(17)18/h2-6H,1H3,(H,13,14)(H,15,16)(H,17,18)/b5-3+. The molecule has 6 nitrogen and oxygen atoms in total. The van der Waals surface area contributed by atoms with Crippen LogP contribution in [-0.2, 0) is 4.79 Å². The molecule has 0 fully saturated rings. The highest BCUT2D eigenvalue weighted by Gasteiger charge is 2.11. The molecular formula is C12H11NO5. The van der Waals surface area contributed by atoms with Gasteiger partial charge in [-0.2, -0.15) is 0 Å². The lowest BCUT2D eigenvalue weighted by Gasteiger charge is -2.03. The predicted octanol–water partition coefficient (Wildman–Crippen LogP) is 0.842. The number of hydrogen-bond donors (Lipinski definition) is 3. The fraction of sp³-hybridized carbons (Fsp3) is 0.0833. The van der Waals surface area contributed by atoms with Gasteiger partial charge in [-0.15, -0.1) is 0 Å². The Kier molecular flexibility index (Phi) is 4.20. The minimum Gasteiger partial charge on any atom is -0.478 e. The first-order chi connectivity index (χ1) is 8.45. The monoisotopic (exact) mass is 249 g/mol. The van der Waals surface area contributed by atoms with Crippen molar-refractivity contribution in [3.63, 3.8) is 0 Å². The first-order valence-electron chi connectivity index (χ1n) is 4.96. The highest BCUT2D eigenvalue weighted by molar-refractivity contribution is 5.98. The van der Waals surface area contributed by atoms with E-state index < -0.39 is 17.8 Å². The van der Waals surface area contributed by atoms with E-state index in [1.165, 1.54) is 31.3 Å². The molecule has 0 radical (unpaired) electrons. The quantitative estimate of drug-likeness (QED) is 0.686. The fourth-order valence-corrected chi connectivity index (χ4v) is 1.28. The summed E-state index contributed by atoms with van der Waals surface area (Å²) < 4.78 is 0.